The quantitative estimate of drug-likeness (QED) is 0.792. The summed E-state index contributed by atoms with van der Waals surface area (Å²) in [6.45, 7) is 0.849. The fourth-order valence-electron chi connectivity index (χ4n) is 3.09. The number of nitriles is 1. The first-order chi connectivity index (χ1) is 11.9. The van der Waals surface area contributed by atoms with Crippen LogP contribution in [0.15, 0.2) is 29.2 Å². The summed E-state index contributed by atoms with van der Waals surface area (Å²) in [6, 6.07) is 7.47. The fraction of sp³-hybridized carbons (Fsp3) is 0.438. The Kier molecular flexibility index (Phi) is 4.74. The monoisotopic (exact) mass is 362 g/mol. The maximum absolute atomic E-state index is 12.8. The lowest BCUT2D eigenvalue weighted by atomic mass is 10.2. The van der Waals surface area contributed by atoms with E-state index in [9.17, 15) is 18.0 Å². The number of piperazine rings is 1. The zero-order valence-corrected chi connectivity index (χ0v) is 14.3. The highest BCUT2D eigenvalue weighted by Gasteiger charge is 2.35. The molecule has 0 bridgehead atoms. The largest absolute Gasteiger partial charge is 0.344 e. The molecule has 0 saturated carbocycles. The summed E-state index contributed by atoms with van der Waals surface area (Å²) in [4.78, 5) is 25.2. The van der Waals surface area contributed by atoms with E-state index in [0.29, 0.717) is 12.8 Å². The van der Waals surface area contributed by atoms with Crippen molar-refractivity contribution in [1.29, 1.82) is 5.26 Å². The zero-order chi connectivity index (χ0) is 18.0. The summed E-state index contributed by atoms with van der Waals surface area (Å²) in [7, 11) is -3.78. The lowest BCUT2D eigenvalue weighted by molar-refractivity contribution is -0.135. The summed E-state index contributed by atoms with van der Waals surface area (Å²) >= 11 is 0. The number of rotatable bonds is 3. The number of sulfonamides is 1. The molecule has 2 aliphatic rings. The van der Waals surface area contributed by atoms with Crippen LogP contribution in [0.5, 0.6) is 0 Å². The molecule has 1 atom stereocenters. The number of hydrogen-bond donors (Lipinski definition) is 1. The molecule has 1 aromatic rings. The van der Waals surface area contributed by atoms with Gasteiger partial charge in [-0.2, -0.15) is 9.57 Å². The Hall–Kier alpha value is -2.44. The number of nitrogens with one attached hydrogen (secondary N) is 1. The van der Waals surface area contributed by atoms with Gasteiger partial charge in [-0.1, -0.05) is 12.1 Å². The van der Waals surface area contributed by atoms with Crippen molar-refractivity contribution in [3.8, 4) is 6.07 Å². The van der Waals surface area contributed by atoms with Gasteiger partial charge < -0.3 is 10.2 Å². The third-order valence-electron chi connectivity index (χ3n) is 4.47. The van der Waals surface area contributed by atoms with Crippen molar-refractivity contribution in [2.75, 3.05) is 26.2 Å². The molecule has 0 spiro atoms. The van der Waals surface area contributed by atoms with Gasteiger partial charge in [-0.25, -0.2) is 8.42 Å². The highest BCUT2D eigenvalue weighted by Crippen LogP contribution is 2.21. The molecule has 2 heterocycles. The molecule has 0 aliphatic carbocycles. The highest BCUT2D eigenvalue weighted by molar-refractivity contribution is 7.89. The van der Waals surface area contributed by atoms with E-state index < -0.39 is 16.1 Å². The number of amides is 2. The molecule has 8 nitrogen and oxygen atoms in total. The van der Waals surface area contributed by atoms with Gasteiger partial charge in [0.25, 0.3) is 0 Å². The molecule has 2 saturated heterocycles. The Morgan fingerprint density at radius 1 is 1.20 bits per heavy atom. The summed E-state index contributed by atoms with van der Waals surface area (Å²) in [6.07, 6.45) is 0.821. The third kappa shape index (κ3) is 3.36. The minimum Gasteiger partial charge on any atom is -0.344 e. The van der Waals surface area contributed by atoms with Gasteiger partial charge in [-0.3, -0.25) is 9.59 Å². The molecule has 2 amide bonds. The highest BCUT2D eigenvalue weighted by atomic mass is 32.2. The van der Waals surface area contributed by atoms with Crippen LogP contribution in [-0.4, -0.2) is 61.7 Å². The first-order valence-corrected chi connectivity index (χ1v) is 9.45. The average Bonchev–Trinajstić information content (AvgIpc) is 3.07. The summed E-state index contributed by atoms with van der Waals surface area (Å²) < 4.78 is 26.8. The Morgan fingerprint density at radius 3 is 2.48 bits per heavy atom. The molecule has 9 heteroatoms. The molecule has 2 fully saturated rings. The Labute approximate surface area is 146 Å². The normalized spacial score (nSPS) is 21.6. The van der Waals surface area contributed by atoms with Crippen LogP contribution in [0.2, 0.25) is 0 Å². The molecule has 2 aliphatic heterocycles. The van der Waals surface area contributed by atoms with Gasteiger partial charge in [0.2, 0.25) is 21.8 Å². The van der Waals surface area contributed by atoms with Gasteiger partial charge in [-0.15, -0.1) is 0 Å². The smallest absolute Gasteiger partial charge is 0.245 e. The van der Waals surface area contributed by atoms with Gasteiger partial charge in [0.1, 0.15) is 12.1 Å². The van der Waals surface area contributed by atoms with E-state index >= 15 is 0 Å². The van der Waals surface area contributed by atoms with Crippen molar-refractivity contribution >= 4 is 21.8 Å². The second kappa shape index (κ2) is 6.82. The molecule has 0 aromatic heterocycles. The zero-order valence-electron chi connectivity index (χ0n) is 13.5. The van der Waals surface area contributed by atoms with Crippen molar-refractivity contribution in [3.63, 3.8) is 0 Å². The van der Waals surface area contributed by atoms with Crippen molar-refractivity contribution in [1.82, 2.24) is 14.5 Å². The third-order valence-corrected chi connectivity index (χ3v) is 6.43. The predicted octanol–water partition coefficient (Wildman–Crippen LogP) is -0.330. The van der Waals surface area contributed by atoms with Gasteiger partial charge in [0.15, 0.2) is 0 Å². The molecule has 25 heavy (non-hydrogen) atoms. The van der Waals surface area contributed by atoms with E-state index in [-0.39, 0.29) is 48.5 Å². The summed E-state index contributed by atoms with van der Waals surface area (Å²) in [5.41, 5.74) is 0.106. The van der Waals surface area contributed by atoms with Crippen LogP contribution in [0, 0.1) is 11.3 Å². The number of carbonyl (C=O) groups excluding carboxylic acids is 2. The van der Waals surface area contributed by atoms with Crippen LogP contribution >= 0.6 is 0 Å². The van der Waals surface area contributed by atoms with E-state index in [4.69, 9.17) is 5.26 Å². The number of carbonyl (C=O) groups is 2. The van der Waals surface area contributed by atoms with Crippen LogP contribution in [0.25, 0.3) is 0 Å². The minimum atomic E-state index is -3.78. The van der Waals surface area contributed by atoms with E-state index in [1.807, 2.05) is 6.07 Å². The molecule has 1 unspecified atom stereocenters. The molecule has 0 radical (unpaired) electrons. The summed E-state index contributed by atoms with van der Waals surface area (Å²) in [5, 5.41) is 11.8. The molecule has 3 rings (SSSR count). The standard InChI is InChI=1S/C16H18N4O4S/c17-11-12-3-1-2-4-14(12)25(23,24)20-9-7-19(8-10-20)16(22)13-5-6-15(21)18-13/h1-4,13H,5-10H2,(H,18,21). The maximum Gasteiger partial charge on any atom is 0.245 e. The van der Waals surface area contributed by atoms with Crippen LogP contribution in [0.4, 0.5) is 0 Å². The van der Waals surface area contributed by atoms with Crippen molar-refractivity contribution < 1.29 is 18.0 Å². The van der Waals surface area contributed by atoms with Gasteiger partial charge in [0, 0.05) is 32.6 Å². The Balaban J connectivity index is 1.68. The number of hydrogen-bond acceptors (Lipinski definition) is 5. The van der Waals surface area contributed by atoms with E-state index in [1.165, 1.54) is 16.4 Å². The predicted molar refractivity (Wildman–Crippen MR) is 87.7 cm³/mol. The van der Waals surface area contributed by atoms with E-state index in [0.717, 1.165) is 0 Å². The lowest BCUT2D eigenvalue weighted by Crippen LogP contribution is -2.54. The van der Waals surface area contributed by atoms with E-state index in [1.54, 1.807) is 17.0 Å². The molecule has 132 valence electrons. The van der Waals surface area contributed by atoms with Gasteiger partial charge in [0.05, 0.1) is 10.5 Å². The fourth-order valence-corrected chi connectivity index (χ4v) is 4.66. The van der Waals surface area contributed by atoms with E-state index in [2.05, 4.69) is 5.32 Å². The first kappa shape index (κ1) is 17.4. The lowest BCUT2D eigenvalue weighted by Gasteiger charge is -2.35. The molecular weight excluding hydrogens is 344 g/mol. The van der Waals surface area contributed by atoms with Crippen molar-refractivity contribution in [3.05, 3.63) is 29.8 Å². The Bertz CT molecular complexity index is 838. The first-order valence-electron chi connectivity index (χ1n) is 8.01. The molecular formula is C16H18N4O4S. The van der Waals surface area contributed by atoms with Gasteiger partial charge in [-0.05, 0) is 18.6 Å². The number of nitrogens with zero attached hydrogens (tertiary/aromatic N) is 3. The second-order valence-corrected chi connectivity index (χ2v) is 7.90. The van der Waals surface area contributed by atoms with Crippen molar-refractivity contribution in [2.45, 2.75) is 23.8 Å². The van der Waals surface area contributed by atoms with Crippen LogP contribution < -0.4 is 5.32 Å². The second-order valence-electron chi connectivity index (χ2n) is 6.00. The Morgan fingerprint density at radius 2 is 1.88 bits per heavy atom. The summed E-state index contributed by atoms with van der Waals surface area (Å²) in [5.74, 6) is -0.298. The average molecular weight is 362 g/mol. The van der Waals surface area contributed by atoms with Gasteiger partial charge >= 0.3 is 0 Å². The molecule has 1 aromatic carbocycles. The molecule has 1 N–H and O–H groups in total. The van der Waals surface area contributed by atoms with Crippen LogP contribution in [-0.2, 0) is 19.6 Å². The van der Waals surface area contributed by atoms with Crippen molar-refractivity contribution in [2.24, 2.45) is 0 Å². The maximum atomic E-state index is 12.8. The SMILES string of the molecule is N#Cc1ccccc1S(=O)(=O)N1CCN(C(=O)C2CCC(=O)N2)CC1. The minimum absolute atomic E-state index is 0.0136. The van der Waals surface area contributed by atoms with Crippen LogP contribution in [0.3, 0.4) is 0 Å². The topological polar surface area (TPSA) is 111 Å². The van der Waals surface area contributed by atoms with Crippen LogP contribution in [0.1, 0.15) is 18.4 Å². The number of benzene rings is 1.